The summed E-state index contributed by atoms with van der Waals surface area (Å²) in [7, 11) is 0. The zero-order valence-corrected chi connectivity index (χ0v) is 16.6. The molecule has 0 amide bonds. The Bertz CT molecular complexity index is 1070. The van der Waals surface area contributed by atoms with Crippen molar-refractivity contribution in [3.05, 3.63) is 59.3 Å². The summed E-state index contributed by atoms with van der Waals surface area (Å²) in [5, 5.41) is 0. The molecule has 1 heterocycles. The van der Waals surface area contributed by atoms with Crippen molar-refractivity contribution in [3.8, 4) is 17.2 Å². The Hall–Kier alpha value is -3.94. The lowest BCUT2D eigenvalue weighted by Crippen LogP contribution is -2.08. The third kappa shape index (κ3) is 4.91. The lowest BCUT2D eigenvalue weighted by atomic mass is 10.1. The van der Waals surface area contributed by atoms with E-state index in [4.69, 9.17) is 18.9 Å². The average Bonchev–Trinajstić information content (AvgIpc) is 3.04. The van der Waals surface area contributed by atoms with E-state index >= 15 is 0 Å². The van der Waals surface area contributed by atoms with Crippen LogP contribution >= 0.6 is 0 Å². The van der Waals surface area contributed by atoms with Crippen LogP contribution in [-0.4, -0.2) is 30.4 Å². The van der Waals surface area contributed by atoms with E-state index in [1.165, 1.54) is 32.1 Å². The molecule has 0 saturated carbocycles. The molecular weight excluding hydrogens is 390 g/mol. The van der Waals surface area contributed by atoms with E-state index in [-0.39, 0.29) is 23.1 Å². The van der Waals surface area contributed by atoms with Gasteiger partial charge in [-0.15, -0.1) is 0 Å². The second-order valence-electron chi connectivity index (χ2n) is 6.16. The largest absolute Gasteiger partial charge is 0.493 e. The van der Waals surface area contributed by atoms with Crippen LogP contribution in [0.2, 0.25) is 0 Å². The molecule has 0 fully saturated rings. The fourth-order valence-corrected chi connectivity index (χ4v) is 2.70. The van der Waals surface area contributed by atoms with Crippen molar-refractivity contribution < 1.29 is 33.3 Å². The predicted molar refractivity (Wildman–Crippen MR) is 107 cm³/mol. The summed E-state index contributed by atoms with van der Waals surface area (Å²) < 4.78 is 21.0. The zero-order valence-electron chi connectivity index (χ0n) is 16.6. The maximum absolute atomic E-state index is 12.3. The first-order chi connectivity index (χ1) is 14.4. The summed E-state index contributed by atoms with van der Waals surface area (Å²) in [5.41, 5.74) is 1.12. The van der Waals surface area contributed by atoms with Gasteiger partial charge in [-0.25, -0.2) is 9.79 Å². The van der Waals surface area contributed by atoms with Crippen molar-refractivity contribution in [2.75, 3.05) is 6.61 Å². The molecule has 0 aromatic heterocycles. The quantitative estimate of drug-likeness (QED) is 0.410. The number of esters is 3. The van der Waals surface area contributed by atoms with Gasteiger partial charge in [-0.3, -0.25) is 9.59 Å². The Morgan fingerprint density at radius 3 is 2.40 bits per heavy atom. The number of para-hydroxylation sites is 1. The smallest absolute Gasteiger partial charge is 0.363 e. The van der Waals surface area contributed by atoms with Crippen molar-refractivity contribution >= 4 is 29.9 Å². The molecule has 2 aromatic rings. The first-order valence-electron chi connectivity index (χ1n) is 9.13. The number of hydrogen-bond acceptors (Lipinski definition) is 8. The first kappa shape index (κ1) is 20.8. The van der Waals surface area contributed by atoms with Crippen LogP contribution in [-0.2, 0) is 19.1 Å². The minimum atomic E-state index is -0.630. The molecule has 30 heavy (non-hydrogen) atoms. The summed E-state index contributed by atoms with van der Waals surface area (Å²) in [6, 6.07) is 11.6. The number of carbonyl (C=O) groups excluding carboxylic acids is 3. The molecule has 8 nitrogen and oxygen atoms in total. The van der Waals surface area contributed by atoms with E-state index in [0.717, 1.165) is 0 Å². The van der Waals surface area contributed by atoms with Crippen molar-refractivity contribution in [2.24, 2.45) is 4.99 Å². The van der Waals surface area contributed by atoms with Crippen LogP contribution in [0.15, 0.2) is 53.2 Å². The lowest BCUT2D eigenvalue weighted by Gasteiger charge is -2.09. The molecule has 0 unspecified atom stereocenters. The molecule has 8 heteroatoms. The minimum absolute atomic E-state index is 0.0457. The van der Waals surface area contributed by atoms with Gasteiger partial charge in [-0.05, 0) is 42.8 Å². The number of aliphatic imine (C=N–C) groups is 1. The molecule has 0 saturated heterocycles. The third-order valence-corrected chi connectivity index (χ3v) is 3.82. The van der Waals surface area contributed by atoms with Crippen molar-refractivity contribution in [3.63, 3.8) is 0 Å². The van der Waals surface area contributed by atoms with E-state index in [0.29, 0.717) is 23.5 Å². The second-order valence-corrected chi connectivity index (χ2v) is 6.16. The van der Waals surface area contributed by atoms with E-state index in [2.05, 4.69) is 4.99 Å². The van der Waals surface area contributed by atoms with Gasteiger partial charge in [0.25, 0.3) is 0 Å². The third-order valence-electron chi connectivity index (χ3n) is 3.82. The molecule has 1 aliphatic rings. The summed E-state index contributed by atoms with van der Waals surface area (Å²) in [5.74, 6) is -0.956. The van der Waals surface area contributed by atoms with Crippen LogP contribution in [0, 0.1) is 0 Å². The fourth-order valence-electron chi connectivity index (χ4n) is 2.70. The molecule has 0 radical (unpaired) electrons. The predicted octanol–water partition coefficient (Wildman–Crippen LogP) is 3.28. The molecule has 2 aromatic carbocycles. The summed E-state index contributed by atoms with van der Waals surface area (Å²) >= 11 is 0. The van der Waals surface area contributed by atoms with Gasteiger partial charge in [-0.2, -0.15) is 0 Å². The molecule has 0 bridgehead atoms. The Kier molecular flexibility index (Phi) is 6.26. The van der Waals surface area contributed by atoms with E-state index in [9.17, 15) is 14.4 Å². The van der Waals surface area contributed by atoms with Crippen LogP contribution < -0.4 is 14.2 Å². The van der Waals surface area contributed by atoms with Gasteiger partial charge < -0.3 is 18.9 Å². The van der Waals surface area contributed by atoms with Gasteiger partial charge in [0.1, 0.15) is 5.75 Å². The highest BCUT2D eigenvalue weighted by Gasteiger charge is 2.26. The normalized spacial score (nSPS) is 14.2. The molecule has 3 rings (SSSR count). The highest BCUT2D eigenvalue weighted by atomic mass is 16.6. The lowest BCUT2D eigenvalue weighted by molar-refractivity contribution is -0.134. The maximum atomic E-state index is 12.3. The van der Waals surface area contributed by atoms with Crippen LogP contribution in [0.3, 0.4) is 0 Å². The van der Waals surface area contributed by atoms with Crippen molar-refractivity contribution in [1.29, 1.82) is 0 Å². The number of nitrogens with zero attached hydrogens (tertiary/aromatic N) is 1. The number of cyclic esters (lactones) is 1. The van der Waals surface area contributed by atoms with Gasteiger partial charge in [0.15, 0.2) is 17.2 Å². The summed E-state index contributed by atoms with van der Waals surface area (Å²) in [6.45, 7) is 4.76. The Balaban J connectivity index is 1.95. The highest BCUT2D eigenvalue weighted by molar-refractivity contribution is 6.13. The number of ether oxygens (including phenoxy) is 4. The number of benzene rings is 2. The SMILES string of the molecule is CCOc1ccccc1C1=NC(=Cc2ccc(OC(C)=O)c(OC(C)=O)c2)C(=O)O1. The van der Waals surface area contributed by atoms with Crippen LogP contribution in [0.5, 0.6) is 17.2 Å². The van der Waals surface area contributed by atoms with Gasteiger partial charge >= 0.3 is 17.9 Å². The first-order valence-corrected chi connectivity index (χ1v) is 9.13. The number of hydrogen-bond donors (Lipinski definition) is 0. The number of carbonyl (C=O) groups is 3. The molecule has 0 spiro atoms. The van der Waals surface area contributed by atoms with Crippen molar-refractivity contribution in [1.82, 2.24) is 0 Å². The zero-order chi connectivity index (χ0) is 21.7. The van der Waals surface area contributed by atoms with Crippen molar-refractivity contribution in [2.45, 2.75) is 20.8 Å². The van der Waals surface area contributed by atoms with Crippen LogP contribution in [0.25, 0.3) is 6.08 Å². The maximum Gasteiger partial charge on any atom is 0.363 e. The monoisotopic (exact) mass is 409 g/mol. The Morgan fingerprint density at radius 1 is 1.00 bits per heavy atom. The van der Waals surface area contributed by atoms with Gasteiger partial charge in [0.2, 0.25) is 5.90 Å². The van der Waals surface area contributed by atoms with Gasteiger partial charge in [0.05, 0.1) is 12.2 Å². The molecule has 0 aliphatic carbocycles. The van der Waals surface area contributed by atoms with Gasteiger partial charge in [0, 0.05) is 13.8 Å². The Labute approximate surface area is 172 Å². The minimum Gasteiger partial charge on any atom is -0.493 e. The Morgan fingerprint density at radius 2 is 1.70 bits per heavy atom. The fraction of sp³-hybridized carbons (Fsp3) is 0.182. The molecule has 1 aliphatic heterocycles. The van der Waals surface area contributed by atoms with E-state index in [1.54, 1.807) is 24.3 Å². The van der Waals surface area contributed by atoms with Crippen LogP contribution in [0.4, 0.5) is 0 Å². The topological polar surface area (TPSA) is 100 Å². The second kappa shape index (κ2) is 9.04. The molecule has 0 atom stereocenters. The standard InChI is InChI=1S/C22H19NO7/c1-4-27-18-8-6-5-7-16(18)21-23-17(22(26)30-21)11-15-9-10-19(28-13(2)24)20(12-15)29-14(3)25/h5-12H,4H2,1-3H3. The number of rotatable bonds is 6. The molecule has 0 N–H and O–H groups in total. The van der Waals surface area contributed by atoms with Crippen LogP contribution in [0.1, 0.15) is 31.9 Å². The summed E-state index contributed by atoms with van der Waals surface area (Å²) in [4.78, 5) is 39.2. The van der Waals surface area contributed by atoms with E-state index < -0.39 is 17.9 Å². The highest BCUT2D eigenvalue weighted by Crippen LogP contribution is 2.31. The summed E-state index contributed by atoms with van der Waals surface area (Å²) in [6.07, 6.45) is 1.48. The van der Waals surface area contributed by atoms with Gasteiger partial charge in [-0.1, -0.05) is 18.2 Å². The average molecular weight is 409 g/mol. The van der Waals surface area contributed by atoms with E-state index in [1.807, 2.05) is 13.0 Å². The molecular formula is C22H19NO7. The molecule has 154 valence electrons.